The van der Waals surface area contributed by atoms with Crippen molar-refractivity contribution in [2.24, 2.45) is 0 Å². The Morgan fingerprint density at radius 1 is 1.23 bits per heavy atom. The van der Waals surface area contributed by atoms with E-state index in [4.69, 9.17) is 4.74 Å². The molecule has 0 bridgehead atoms. The number of rotatable bonds is 1. The van der Waals surface area contributed by atoms with Crippen molar-refractivity contribution in [3.8, 4) is 0 Å². The second kappa shape index (κ2) is 6.02. The highest BCUT2D eigenvalue weighted by Gasteiger charge is 2.34. The van der Waals surface area contributed by atoms with Crippen LogP contribution in [0.1, 0.15) is 45.2 Å². The van der Waals surface area contributed by atoms with Gasteiger partial charge in [-0.1, -0.05) is 0 Å². The first-order valence-corrected chi connectivity index (χ1v) is 7.13. The highest BCUT2D eigenvalue weighted by atomic mass is 19.1. The van der Waals surface area contributed by atoms with E-state index in [1.807, 2.05) is 0 Å². The maximum atomic E-state index is 13.4. The summed E-state index contributed by atoms with van der Waals surface area (Å²) in [5.74, 6) is -1.52. The van der Waals surface area contributed by atoms with E-state index < -0.39 is 29.4 Å². The molecule has 1 atom stereocenters. The molecule has 1 fully saturated rings. The molecule has 1 heterocycles. The van der Waals surface area contributed by atoms with Crippen LogP contribution >= 0.6 is 0 Å². The summed E-state index contributed by atoms with van der Waals surface area (Å²) in [7, 11) is 0. The van der Waals surface area contributed by atoms with Crippen LogP contribution in [-0.4, -0.2) is 28.9 Å². The Morgan fingerprint density at radius 2 is 1.82 bits per heavy atom. The third kappa shape index (κ3) is 4.02. The second-order valence-corrected chi connectivity index (χ2v) is 6.39. The van der Waals surface area contributed by atoms with E-state index >= 15 is 0 Å². The van der Waals surface area contributed by atoms with Crippen LogP contribution in [0.5, 0.6) is 0 Å². The Kier molecular flexibility index (Phi) is 4.49. The zero-order chi connectivity index (χ0) is 16.5. The van der Waals surface area contributed by atoms with Gasteiger partial charge < -0.3 is 9.64 Å². The molecular weight excluding hydrogens is 292 g/mol. The number of carbonyl (C=O) groups excluding carboxylic acids is 2. The predicted octanol–water partition coefficient (Wildman–Crippen LogP) is 3.61. The topological polar surface area (TPSA) is 46.6 Å². The molecule has 1 aromatic carbocycles. The molecule has 120 valence electrons. The number of benzene rings is 1. The molecule has 0 spiro atoms. The summed E-state index contributed by atoms with van der Waals surface area (Å²) in [6.07, 6.45) is -0.343. The molecule has 0 N–H and O–H groups in total. The van der Waals surface area contributed by atoms with Gasteiger partial charge in [-0.15, -0.1) is 0 Å². The molecule has 1 aliphatic heterocycles. The zero-order valence-electron chi connectivity index (χ0n) is 12.9. The second-order valence-electron chi connectivity index (χ2n) is 6.39. The lowest BCUT2D eigenvalue weighted by Gasteiger charge is -2.36. The molecule has 1 saturated heterocycles. The van der Waals surface area contributed by atoms with Gasteiger partial charge in [-0.25, -0.2) is 13.6 Å². The molecule has 2 rings (SSSR count). The molecular formula is C16H19F2NO3. The van der Waals surface area contributed by atoms with Crippen molar-refractivity contribution in [1.82, 2.24) is 4.90 Å². The van der Waals surface area contributed by atoms with Gasteiger partial charge in [0, 0.05) is 25.5 Å². The van der Waals surface area contributed by atoms with Crippen LogP contribution in [0.3, 0.4) is 0 Å². The number of hydrogen-bond acceptors (Lipinski definition) is 3. The summed E-state index contributed by atoms with van der Waals surface area (Å²) >= 11 is 0. The van der Waals surface area contributed by atoms with Crippen molar-refractivity contribution in [2.75, 3.05) is 6.54 Å². The number of ether oxygens (including phenoxy) is 1. The fourth-order valence-corrected chi connectivity index (χ4v) is 2.43. The standard InChI is InChI=1S/C16H19F2NO3/c1-16(2,3)22-15(21)19-5-4-13(20)9-14(19)10-6-11(17)8-12(18)7-10/h6-8,14H,4-5,9H2,1-3H3/t14-/m0/s1. The normalized spacial score (nSPS) is 19.2. The zero-order valence-corrected chi connectivity index (χ0v) is 12.9. The average molecular weight is 311 g/mol. The molecule has 6 heteroatoms. The highest BCUT2D eigenvalue weighted by Crippen LogP contribution is 2.31. The minimum atomic E-state index is -0.739. The molecule has 0 unspecified atom stereocenters. The van der Waals surface area contributed by atoms with Gasteiger partial charge in [0.25, 0.3) is 0 Å². The maximum absolute atomic E-state index is 13.4. The molecule has 4 nitrogen and oxygen atoms in total. The van der Waals surface area contributed by atoms with Crippen LogP contribution in [0, 0.1) is 11.6 Å². The van der Waals surface area contributed by atoms with Crippen LogP contribution < -0.4 is 0 Å². The van der Waals surface area contributed by atoms with E-state index in [1.54, 1.807) is 20.8 Å². The third-order valence-corrected chi connectivity index (χ3v) is 3.33. The van der Waals surface area contributed by atoms with Gasteiger partial charge in [0.2, 0.25) is 0 Å². The monoisotopic (exact) mass is 311 g/mol. The van der Waals surface area contributed by atoms with Gasteiger partial charge in [0.15, 0.2) is 0 Å². The summed E-state index contributed by atoms with van der Waals surface area (Å²) in [5, 5.41) is 0. The third-order valence-electron chi connectivity index (χ3n) is 3.33. The molecule has 22 heavy (non-hydrogen) atoms. The minimum Gasteiger partial charge on any atom is -0.444 e. The first-order chi connectivity index (χ1) is 10.2. The Bertz CT molecular complexity index is 575. The predicted molar refractivity (Wildman–Crippen MR) is 76.3 cm³/mol. The summed E-state index contributed by atoms with van der Waals surface area (Å²) < 4.78 is 32.2. The van der Waals surface area contributed by atoms with Gasteiger partial charge in [0.05, 0.1) is 6.04 Å². The molecule has 0 aromatic heterocycles. The number of carbonyl (C=O) groups is 2. The molecule has 1 aromatic rings. The number of likely N-dealkylation sites (tertiary alicyclic amines) is 1. The molecule has 0 saturated carbocycles. The van der Waals surface area contributed by atoms with Crippen molar-refractivity contribution in [3.63, 3.8) is 0 Å². The fourth-order valence-electron chi connectivity index (χ4n) is 2.43. The van der Waals surface area contributed by atoms with Crippen molar-refractivity contribution in [2.45, 2.75) is 45.3 Å². The number of amides is 1. The van der Waals surface area contributed by atoms with Crippen molar-refractivity contribution in [3.05, 3.63) is 35.4 Å². The first kappa shape index (κ1) is 16.4. The summed E-state index contributed by atoms with van der Waals surface area (Å²) in [4.78, 5) is 25.3. The largest absolute Gasteiger partial charge is 0.444 e. The van der Waals surface area contributed by atoms with Gasteiger partial charge in [-0.05, 0) is 38.5 Å². The number of ketones is 1. The summed E-state index contributed by atoms with van der Waals surface area (Å²) in [5.41, 5.74) is -0.424. The Labute approximate surface area is 128 Å². The molecule has 1 amide bonds. The summed E-state index contributed by atoms with van der Waals surface area (Å²) in [6, 6.07) is 2.33. The van der Waals surface area contributed by atoms with Gasteiger partial charge in [-0.3, -0.25) is 4.79 Å². The van der Waals surface area contributed by atoms with Crippen molar-refractivity contribution < 1.29 is 23.1 Å². The molecule has 0 aliphatic carbocycles. The quantitative estimate of drug-likeness (QED) is 0.796. The smallest absolute Gasteiger partial charge is 0.410 e. The lowest BCUT2D eigenvalue weighted by atomic mass is 9.94. The van der Waals surface area contributed by atoms with E-state index in [0.29, 0.717) is 0 Å². The van der Waals surface area contributed by atoms with Gasteiger partial charge in [-0.2, -0.15) is 0 Å². The number of halogens is 2. The molecule has 1 aliphatic rings. The van der Waals surface area contributed by atoms with E-state index in [2.05, 4.69) is 0 Å². The SMILES string of the molecule is CC(C)(C)OC(=O)N1CCC(=O)C[C@H]1c1cc(F)cc(F)c1. The maximum Gasteiger partial charge on any atom is 0.410 e. The number of nitrogens with zero attached hydrogens (tertiary/aromatic N) is 1. The van der Waals surface area contributed by atoms with Crippen LogP contribution in [0.4, 0.5) is 13.6 Å². The van der Waals surface area contributed by atoms with E-state index in [0.717, 1.165) is 18.2 Å². The lowest BCUT2D eigenvalue weighted by molar-refractivity contribution is -0.123. The first-order valence-electron chi connectivity index (χ1n) is 7.13. The van der Waals surface area contributed by atoms with Crippen LogP contribution in [0.25, 0.3) is 0 Å². The van der Waals surface area contributed by atoms with E-state index in [-0.39, 0.29) is 30.7 Å². The number of hydrogen-bond donors (Lipinski definition) is 0. The van der Waals surface area contributed by atoms with Crippen LogP contribution in [0.15, 0.2) is 18.2 Å². The average Bonchev–Trinajstić information content (AvgIpc) is 2.35. The van der Waals surface area contributed by atoms with Crippen molar-refractivity contribution >= 4 is 11.9 Å². The minimum absolute atomic E-state index is 0.0299. The van der Waals surface area contributed by atoms with Gasteiger partial charge in [0.1, 0.15) is 23.0 Å². The number of Topliss-reactive ketones (excluding diaryl/α,β-unsaturated/α-hetero) is 1. The fraction of sp³-hybridized carbons (Fsp3) is 0.500. The Balaban J connectivity index is 2.30. The number of piperidine rings is 1. The lowest BCUT2D eigenvalue weighted by Crippen LogP contribution is -2.44. The Morgan fingerprint density at radius 3 is 2.36 bits per heavy atom. The van der Waals surface area contributed by atoms with Crippen molar-refractivity contribution in [1.29, 1.82) is 0 Å². The molecule has 0 radical (unpaired) electrons. The summed E-state index contributed by atoms with van der Waals surface area (Å²) in [6.45, 7) is 5.38. The van der Waals surface area contributed by atoms with Crippen LogP contribution in [-0.2, 0) is 9.53 Å². The van der Waals surface area contributed by atoms with E-state index in [1.165, 1.54) is 4.90 Å². The highest BCUT2D eigenvalue weighted by molar-refractivity contribution is 5.82. The van der Waals surface area contributed by atoms with Gasteiger partial charge >= 0.3 is 6.09 Å². The Hall–Kier alpha value is -1.98. The van der Waals surface area contributed by atoms with E-state index in [9.17, 15) is 18.4 Å². The van der Waals surface area contributed by atoms with Crippen LogP contribution in [0.2, 0.25) is 0 Å².